The standard InChI is InChI=1S/C21H27N5O4S/c1-15-3-4-16(2)19(11-15)31(28,29)23-13-20(27)26-6-5-17-12-22-21(24-18(17)14-26)25-7-9-30-10-8-25/h3-4,11-12,23H,5-10,13-14H2,1-2H3. The highest BCUT2D eigenvalue weighted by atomic mass is 32.2. The minimum Gasteiger partial charge on any atom is -0.378 e. The predicted octanol–water partition coefficient (Wildman–Crippen LogP) is 0.793. The molecule has 2 aliphatic heterocycles. The predicted molar refractivity (Wildman–Crippen MR) is 115 cm³/mol. The Morgan fingerprint density at radius 2 is 1.97 bits per heavy atom. The van der Waals surface area contributed by atoms with Crippen molar-refractivity contribution in [3.8, 4) is 0 Å². The summed E-state index contributed by atoms with van der Waals surface area (Å²) in [7, 11) is -3.77. The van der Waals surface area contributed by atoms with E-state index in [1.807, 2.05) is 19.2 Å². The van der Waals surface area contributed by atoms with E-state index in [-0.39, 0.29) is 17.3 Å². The van der Waals surface area contributed by atoms with Gasteiger partial charge in [-0.15, -0.1) is 0 Å². The van der Waals surface area contributed by atoms with Gasteiger partial charge in [-0.05, 0) is 43.0 Å². The number of hydrogen-bond acceptors (Lipinski definition) is 7. The molecule has 2 aliphatic rings. The molecule has 0 atom stereocenters. The molecule has 1 N–H and O–H groups in total. The molecule has 4 rings (SSSR count). The van der Waals surface area contributed by atoms with Gasteiger partial charge in [0.25, 0.3) is 0 Å². The first-order valence-electron chi connectivity index (χ1n) is 10.4. The Hall–Kier alpha value is -2.56. The van der Waals surface area contributed by atoms with E-state index in [0.717, 1.165) is 29.9 Å². The summed E-state index contributed by atoms with van der Waals surface area (Å²) >= 11 is 0. The van der Waals surface area contributed by atoms with Crippen molar-refractivity contribution in [1.29, 1.82) is 0 Å². The molecule has 1 saturated heterocycles. The molecule has 166 valence electrons. The molecule has 9 nitrogen and oxygen atoms in total. The number of aryl methyl sites for hydroxylation is 2. The van der Waals surface area contributed by atoms with Gasteiger partial charge < -0.3 is 14.5 Å². The third-order valence-corrected chi connectivity index (χ3v) is 7.17. The van der Waals surface area contributed by atoms with Crippen LogP contribution >= 0.6 is 0 Å². The van der Waals surface area contributed by atoms with Crippen LogP contribution in [0.25, 0.3) is 0 Å². The maximum absolute atomic E-state index is 12.8. The molecule has 1 amide bonds. The number of anilines is 1. The average Bonchev–Trinajstić information content (AvgIpc) is 2.79. The Morgan fingerprint density at radius 1 is 1.19 bits per heavy atom. The van der Waals surface area contributed by atoms with E-state index in [9.17, 15) is 13.2 Å². The molecule has 3 heterocycles. The first-order chi connectivity index (χ1) is 14.8. The Kier molecular flexibility index (Phi) is 6.22. The fourth-order valence-corrected chi connectivity index (χ4v) is 5.07. The number of carbonyl (C=O) groups is 1. The summed E-state index contributed by atoms with van der Waals surface area (Å²) in [5.41, 5.74) is 3.33. The van der Waals surface area contributed by atoms with Gasteiger partial charge in [0.1, 0.15) is 0 Å². The van der Waals surface area contributed by atoms with Crippen molar-refractivity contribution in [2.24, 2.45) is 0 Å². The summed E-state index contributed by atoms with van der Waals surface area (Å²) < 4.78 is 33.2. The van der Waals surface area contributed by atoms with E-state index >= 15 is 0 Å². The number of sulfonamides is 1. The van der Waals surface area contributed by atoms with Crippen molar-refractivity contribution in [3.63, 3.8) is 0 Å². The SMILES string of the molecule is Cc1ccc(C)c(S(=O)(=O)NCC(=O)N2CCc3cnc(N4CCOCC4)nc3C2)c1. The molecule has 0 aliphatic carbocycles. The maximum Gasteiger partial charge on any atom is 0.241 e. The van der Waals surface area contributed by atoms with Crippen molar-refractivity contribution in [2.75, 3.05) is 44.3 Å². The van der Waals surface area contributed by atoms with E-state index in [4.69, 9.17) is 4.74 Å². The lowest BCUT2D eigenvalue weighted by atomic mass is 10.1. The Morgan fingerprint density at radius 3 is 2.74 bits per heavy atom. The number of ether oxygens (including phenoxy) is 1. The lowest BCUT2D eigenvalue weighted by Gasteiger charge is -2.30. The smallest absolute Gasteiger partial charge is 0.241 e. The lowest BCUT2D eigenvalue weighted by Crippen LogP contribution is -2.43. The van der Waals surface area contributed by atoms with Gasteiger partial charge in [-0.3, -0.25) is 4.79 Å². The number of morpholine rings is 1. The molecular weight excluding hydrogens is 418 g/mol. The second-order valence-electron chi connectivity index (χ2n) is 7.90. The number of nitrogens with one attached hydrogen (secondary N) is 1. The Labute approximate surface area is 182 Å². The summed E-state index contributed by atoms with van der Waals surface area (Å²) in [6.45, 7) is 6.91. The Bertz CT molecular complexity index is 1080. The summed E-state index contributed by atoms with van der Waals surface area (Å²) in [4.78, 5) is 25.8. The lowest BCUT2D eigenvalue weighted by molar-refractivity contribution is -0.130. The third kappa shape index (κ3) is 4.86. The highest BCUT2D eigenvalue weighted by Crippen LogP contribution is 2.20. The molecule has 0 radical (unpaired) electrons. The molecule has 1 aromatic carbocycles. The number of hydrogen-bond donors (Lipinski definition) is 1. The third-order valence-electron chi connectivity index (χ3n) is 5.63. The zero-order valence-corrected chi connectivity index (χ0v) is 18.6. The number of fused-ring (bicyclic) bond motifs is 1. The van der Waals surface area contributed by atoms with Crippen LogP contribution in [0.5, 0.6) is 0 Å². The van der Waals surface area contributed by atoms with Crippen molar-refractivity contribution in [2.45, 2.75) is 31.7 Å². The van der Waals surface area contributed by atoms with Crippen LogP contribution in [0.1, 0.15) is 22.4 Å². The first kappa shape index (κ1) is 21.7. The van der Waals surface area contributed by atoms with E-state index in [1.165, 1.54) is 0 Å². The van der Waals surface area contributed by atoms with E-state index < -0.39 is 10.0 Å². The van der Waals surface area contributed by atoms with Gasteiger partial charge in [0.05, 0.1) is 36.9 Å². The zero-order valence-electron chi connectivity index (χ0n) is 17.8. The number of rotatable bonds is 5. The maximum atomic E-state index is 12.8. The minimum absolute atomic E-state index is 0.201. The van der Waals surface area contributed by atoms with E-state index in [0.29, 0.717) is 44.2 Å². The van der Waals surface area contributed by atoms with Crippen LogP contribution in [0.3, 0.4) is 0 Å². The minimum atomic E-state index is -3.77. The normalized spacial score (nSPS) is 16.8. The van der Waals surface area contributed by atoms with Gasteiger partial charge in [0, 0.05) is 25.8 Å². The zero-order chi connectivity index (χ0) is 22.0. The molecule has 1 fully saturated rings. The van der Waals surface area contributed by atoms with Crippen LogP contribution in [-0.4, -0.2) is 68.6 Å². The molecular formula is C21H27N5O4S. The molecule has 31 heavy (non-hydrogen) atoms. The van der Waals surface area contributed by atoms with E-state index in [2.05, 4.69) is 19.6 Å². The largest absolute Gasteiger partial charge is 0.378 e. The van der Waals surface area contributed by atoms with Crippen molar-refractivity contribution >= 4 is 21.9 Å². The fraction of sp³-hybridized carbons (Fsp3) is 0.476. The average molecular weight is 446 g/mol. The molecule has 0 spiro atoms. The van der Waals surface area contributed by atoms with Crippen molar-refractivity contribution in [1.82, 2.24) is 19.6 Å². The highest BCUT2D eigenvalue weighted by Gasteiger charge is 2.25. The molecule has 0 saturated carbocycles. The second-order valence-corrected chi connectivity index (χ2v) is 9.64. The van der Waals surface area contributed by atoms with Crippen LogP contribution in [-0.2, 0) is 32.5 Å². The Balaban J connectivity index is 1.42. The van der Waals surface area contributed by atoms with E-state index in [1.54, 1.807) is 24.0 Å². The summed E-state index contributed by atoms with van der Waals surface area (Å²) in [6.07, 6.45) is 2.48. The first-order valence-corrected chi connectivity index (χ1v) is 11.8. The molecule has 0 bridgehead atoms. The summed E-state index contributed by atoms with van der Waals surface area (Å²) in [5, 5.41) is 0. The number of aromatic nitrogens is 2. The van der Waals surface area contributed by atoms with Gasteiger partial charge in [0.15, 0.2) is 0 Å². The van der Waals surface area contributed by atoms with Crippen LogP contribution in [0.15, 0.2) is 29.3 Å². The van der Waals surface area contributed by atoms with Crippen molar-refractivity contribution in [3.05, 3.63) is 46.8 Å². The molecule has 1 aromatic heterocycles. The van der Waals surface area contributed by atoms with Crippen LogP contribution in [0.4, 0.5) is 5.95 Å². The molecule has 0 unspecified atom stereocenters. The molecule has 10 heteroatoms. The monoisotopic (exact) mass is 445 g/mol. The van der Waals surface area contributed by atoms with Gasteiger partial charge in [-0.2, -0.15) is 0 Å². The highest BCUT2D eigenvalue weighted by molar-refractivity contribution is 7.89. The van der Waals surface area contributed by atoms with Crippen LogP contribution in [0, 0.1) is 13.8 Å². The second kappa shape index (κ2) is 8.89. The van der Waals surface area contributed by atoms with Gasteiger partial charge in [-0.1, -0.05) is 12.1 Å². The number of carbonyl (C=O) groups excluding carboxylic acids is 1. The van der Waals surface area contributed by atoms with Gasteiger partial charge in [0.2, 0.25) is 21.9 Å². The number of nitrogens with zero attached hydrogens (tertiary/aromatic N) is 4. The number of benzene rings is 1. The topological polar surface area (TPSA) is 105 Å². The van der Waals surface area contributed by atoms with Crippen molar-refractivity contribution < 1.29 is 17.9 Å². The van der Waals surface area contributed by atoms with Gasteiger partial charge in [-0.25, -0.2) is 23.1 Å². The number of amides is 1. The summed E-state index contributed by atoms with van der Waals surface area (Å²) in [5.74, 6) is 0.373. The van der Waals surface area contributed by atoms with Crippen LogP contribution in [0.2, 0.25) is 0 Å². The molecule has 2 aromatic rings. The van der Waals surface area contributed by atoms with Crippen LogP contribution < -0.4 is 9.62 Å². The summed E-state index contributed by atoms with van der Waals surface area (Å²) in [6, 6.07) is 5.24. The fourth-order valence-electron chi connectivity index (χ4n) is 3.76. The van der Waals surface area contributed by atoms with Gasteiger partial charge >= 0.3 is 0 Å². The quantitative estimate of drug-likeness (QED) is 0.726.